The first kappa shape index (κ1) is 8.94. The third kappa shape index (κ3) is 3.16. The molecule has 1 aliphatic rings. The molecule has 0 aliphatic heterocycles. The van der Waals surface area contributed by atoms with Crippen molar-refractivity contribution in [2.45, 2.75) is 25.3 Å². The number of alkyl halides is 1. The van der Waals surface area contributed by atoms with Crippen molar-refractivity contribution in [2.75, 3.05) is 19.8 Å². The lowest BCUT2D eigenvalue weighted by molar-refractivity contribution is 0.429. The van der Waals surface area contributed by atoms with Gasteiger partial charge in [-0.3, -0.25) is 0 Å². The molecule has 1 fully saturated rings. The van der Waals surface area contributed by atoms with E-state index in [1.807, 2.05) is 0 Å². The number of hydrogen-bond acceptors (Lipinski definition) is 2. The molecule has 66 valence electrons. The first-order valence-electron chi connectivity index (χ1n) is 4.35. The molecule has 11 heavy (non-hydrogen) atoms. The van der Waals surface area contributed by atoms with Crippen LogP contribution >= 0.6 is 0 Å². The molecule has 2 unspecified atom stereocenters. The minimum atomic E-state index is -0.265. The molecular weight excluding hydrogens is 143 g/mol. The summed E-state index contributed by atoms with van der Waals surface area (Å²) in [6.45, 7) is 1.17. The molecule has 3 heteroatoms. The fraction of sp³-hybridized carbons (Fsp3) is 1.00. The molecule has 2 nitrogen and oxygen atoms in total. The smallest absolute Gasteiger partial charge is 0.102 e. The molecule has 0 radical (unpaired) electrons. The Morgan fingerprint density at radius 2 is 2.27 bits per heavy atom. The van der Waals surface area contributed by atoms with Gasteiger partial charge in [0, 0.05) is 12.6 Å². The molecule has 0 saturated heterocycles. The van der Waals surface area contributed by atoms with Crippen molar-refractivity contribution in [3.63, 3.8) is 0 Å². The van der Waals surface area contributed by atoms with Crippen LogP contribution in [0.5, 0.6) is 0 Å². The Kier molecular flexibility index (Phi) is 3.80. The summed E-state index contributed by atoms with van der Waals surface area (Å²) in [5.74, 6) is 0.691. The summed E-state index contributed by atoms with van der Waals surface area (Å²) in [5, 5.41) is 3.07. The summed E-state index contributed by atoms with van der Waals surface area (Å²) in [6.07, 6.45) is 3.46. The van der Waals surface area contributed by atoms with Gasteiger partial charge in [-0.2, -0.15) is 0 Å². The number of hydrogen-bond donors (Lipinski definition) is 2. The van der Waals surface area contributed by atoms with E-state index in [2.05, 4.69) is 5.32 Å². The van der Waals surface area contributed by atoms with Gasteiger partial charge in [0.05, 0.1) is 0 Å². The molecule has 1 rings (SSSR count). The highest BCUT2D eigenvalue weighted by Gasteiger charge is 2.20. The zero-order valence-electron chi connectivity index (χ0n) is 6.85. The van der Waals surface area contributed by atoms with Crippen LogP contribution < -0.4 is 11.1 Å². The number of nitrogens with two attached hydrogens (primary N) is 1. The minimum Gasteiger partial charge on any atom is -0.328 e. The number of halogens is 1. The van der Waals surface area contributed by atoms with Gasteiger partial charge in [-0.1, -0.05) is 0 Å². The average molecular weight is 160 g/mol. The van der Waals surface area contributed by atoms with Gasteiger partial charge >= 0.3 is 0 Å². The predicted molar refractivity (Wildman–Crippen MR) is 44.2 cm³/mol. The SMILES string of the molecule is NC1CCC(CNCCF)C1. The highest BCUT2D eigenvalue weighted by atomic mass is 19.1. The quantitative estimate of drug-likeness (QED) is 0.593. The van der Waals surface area contributed by atoms with Gasteiger partial charge in [0.1, 0.15) is 6.67 Å². The fourth-order valence-electron chi connectivity index (χ4n) is 1.67. The summed E-state index contributed by atoms with van der Waals surface area (Å²) in [4.78, 5) is 0. The zero-order chi connectivity index (χ0) is 8.10. The summed E-state index contributed by atoms with van der Waals surface area (Å²) in [5.41, 5.74) is 5.73. The van der Waals surface area contributed by atoms with Gasteiger partial charge in [0.15, 0.2) is 0 Å². The summed E-state index contributed by atoms with van der Waals surface area (Å²) < 4.78 is 11.7. The van der Waals surface area contributed by atoms with Crippen LogP contribution in [0, 0.1) is 5.92 Å². The summed E-state index contributed by atoms with van der Waals surface area (Å²) >= 11 is 0. The Morgan fingerprint density at radius 1 is 1.45 bits per heavy atom. The average Bonchev–Trinajstić information content (AvgIpc) is 2.37. The van der Waals surface area contributed by atoms with E-state index in [-0.39, 0.29) is 6.67 Å². The number of rotatable bonds is 4. The van der Waals surface area contributed by atoms with Gasteiger partial charge in [-0.15, -0.1) is 0 Å². The Balaban J connectivity index is 1.99. The molecule has 1 saturated carbocycles. The Hall–Kier alpha value is -0.150. The van der Waals surface area contributed by atoms with Crippen LogP contribution in [-0.2, 0) is 0 Å². The van der Waals surface area contributed by atoms with E-state index in [1.54, 1.807) is 0 Å². The molecule has 0 aromatic carbocycles. The standard InChI is InChI=1S/C8H17FN2/c9-3-4-11-6-7-1-2-8(10)5-7/h7-8,11H,1-6,10H2. The molecule has 3 N–H and O–H groups in total. The van der Waals surface area contributed by atoms with E-state index in [4.69, 9.17) is 5.73 Å². The van der Waals surface area contributed by atoms with Crippen LogP contribution in [0.1, 0.15) is 19.3 Å². The largest absolute Gasteiger partial charge is 0.328 e. The van der Waals surface area contributed by atoms with Gasteiger partial charge in [0.25, 0.3) is 0 Å². The van der Waals surface area contributed by atoms with Crippen LogP contribution in [-0.4, -0.2) is 25.8 Å². The first-order valence-corrected chi connectivity index (χ1v) is 4.35. The van der Waals surface area contributed by atoms with Gasteiger partial charge in [0.2, 0.25) is 0 Å². The monoisotopic (exact) mass is 160 g/mol. The third-order valence-electron chi connectivity index (χ3n) is 2.29. The first-order chi connectivity index (χ1) is 5.33. The molecule has 0 aromatic rings. The molecule has 0 amide bonds. The normalized spacial score (nSPS) is 31.1. The van der Waals surface area contributed by atoms with Gasteiger partial charge in [-0.25, -0.2) is 4.39 Å². The van der Waals surface area contributed by atoms with Crippen molar-refractivity contribution in [3.8, 4) is 0 Å². The van der Waals surface area contributed by atoms with Crippen molar-refractivity contribution < 1.29 is 4.39 Å². The van der Waals surface area contributed by atoms with Gasteiger partial charge in [-0.05, 0) is 31.7 Å². The minimum absolute atomic E-state index is 0.265. The highest BCUT2D eigenvalue weighted by molar-refractivity contribution is 4.78. The number of nitrogens with one attached hydrogen (secondary N) is 1. The van der Waals surface area contributed by atoms with E-state index in [0.717, 1.165) is 19.4 Å². The Morgan fingerprint density at radius 3 is 2.82 bits per heavy atom. The zero-order valence-corrected chi connectivity index (χ0v) is 6.85. The fourth-order valence-corrected chi connectivity index (χ4v) is 1.67. The maximum atomic E-state index is 11.7. The van der Waals surface area contributed by atoms with Crippen molar-refractivity contribution in [2.24, 2.45) is 11.7 Å². The molecule has 1 aliphatic carbocycles. The van der Waals surface area contributed by atoms with E-state index in [1.165, 1.54) is 6.42 Å². The van der Waals surface area contributed by atoms with Crippen LogP contribution in [0.25, 0.3) is 0 Å². The van der Waals surface area contributed by atoms with Crippen LogP contribution in [0.4, 0.5) is 4.39 Å². The second kappa shape index (κ2) is 4.67. The lowest BCUT2D eigenvalue weighted by Crippen LogP contribution is -2.24. The Bertz CT molecular complexity index is 108. The highest BCUT2D eigenvalue weighted by Crippen LogP contribution is 2.22. The summed E-state index contributed by atoms with van der Waals surface area (Å²) in [7, 11) is 0. The Labute approximate surface area is 67.3 Å². The third-order valence-corrected chi connectivity index (χ3v) is 2.29. The molecule has 2 atom stereocenters. The van der Waals surface area contributed by atoms with Gasteiger partial charge < -0.3 is 11.1 Å². The van der Waals surface area contributed by atoms with E-state index >= 15 is 0 Å². The van der Waals surface area contributed by atoms with E-state index in [0.29, 0.717) is 18.5 Å². The van der Waals surface area contributed by atoms with E-state index in [9.17, 15) is 4.39 Å². The second-order valence-electron chi connectivity index (χ2n) is 3.33. The van der Waals surface area contributed by atoms with Crippen LogP contribution in [0.15, 0.2) is 0 Å². The van der Waals surface area contributed by atoms with E-state index < -0.39 is 0 Å². The summed E-state index contributed by atoms with van der Waals surface area (Å²) in [6, 6.07) is 0.396. The lowest BCUT2D eigenvalue weighted by Gasteiger charge is -2.08. The topological polar surface area (TPSA) is 38.0 Å². The van der Waals surface area contributed by atoms with Crippen molar-refractivity contribution >= 4 is 0 Å². The van der Waals surface area contributed by atoms with Crippen LogP contribution in [0.2, 0.25) is 0 Å². The molecule has 0 heterocycles. The molecule has 0 spiro atoms. The van der Waals surface area contributed by atoms with Crippen molar-refractivity contribution in [3.05, 3.63) is 0 Å². The molecule has 0 aromatic heterocycles. The molecule has 0 bridgehead atoms. The van der Waals surface area contributed by atoms with Crippen molar-refractivity contribution in [1.82, 2.24) is 5.32 Å². The maximum Gasteiger partial charge on any atom is 0.102 e. The van der Waals surface area contributed by atoms with Crippen molar-refractivity contribution in [1.29, 1.82) is 0 Å². The second-order valence-corrected chi connectivity index (χ2v) is 3.33. The van der Waals surface area contributed by atoms with Crippen LogP contribution in [0.3, 0.4) is 0 Å². The molecular formula is C8H17FN2. The lowest BCUT2D eigenvalue weighted by atomic mass is 10.1. The predicted octanol–water partition coefficient (Wildman–Crippen LogP) is 0.673. The maximum absolute atomic E-state index is 11.7.